The van der Waals surface area contributed by atoms with Crippen molar-refractivity contribution >= 4 is 35.6 Å². The molecule has 13 nitrogen and oxygen atoms in total. The monoisotopic (exact) mass is 646 g/mol. The van der Waals surface area contributed by atoms with Gasteiger partial charge in [0.2, 0.25) is 17.6 Å². The standard InChI is InChI=1S/C33H54N6O7/c1-8-11-16-22(25(40)28(42)34-9-2)36-27(41)23-17-15-20-39(23)29(43)26(33(7)18-13-12-14-19-33)38-30(44)37-24(32(4,5)6)21-46-31(45)35-10-3/h1,22-24,26H,9-21H2,2-7H3,(H,34,42)(H,35,45)(H,36,41)(H2,37,38,44). The number of terminal acetylenes is 1. The lowest BCUT2D eigenvalue weighted by atomic mass is 9.70. The normalized spacial score (nSPS) is 19.4. The molecule has 1 aliphatic heterocycles. The fourth-order valence-corrected chi connectivity index (χ4v) is 6.01. The lowest BCUT2D eigenvalue weighted by Crippen LogP contribution is -2.62. The second-order valence-corrected chi connectivity index (χ2v) is 13.5. The molecule has 4 atom stereocenters. The van der Waals surface area contributed by atoms with Crippen LogP contribution < -0.4 is 26.6 Å². The highest BCUT2D eigenvalue weighted by Gasteiger charge is 2.46. The van der Waals surface area contributed by atoms with Crippen molar-refractivity contribution < 1.29 is 33.5 Å². The van der Waals surface area contributed by atoms with Crippen LogP contribution in [0.4, 0.5) is 9.59 Å². The summed E-state index contributed by atoms with van der Waals surface area (Å²) in [5, 5.41) is 13.5. The number of nitrogens with one attached hydrogen (secondary N) is 5. The summed E-state index contributed by atoms with van der Waals surface area (Å²) in [4.78, 5) is 79.9. The van der Waals surface area contributed by atoms with Gasteiger partial charge in [0, 0.05) is 26.1 Å². The molecule has 0 aromatic rings. The molecule has 6 amide bonds. The molecule has 1 saturated carbocycles. The molecule has 0 bridgehead atoms. The number of ether oxygens (including phenoxy) is 1. The number of urea groups is 1. The molecule has 2 fully saturated rings. The Morgan fingerprint density at radius 3 is 2.20 bits per heavy atom. The molecule has 4 unspecified atom stereocenters. The smallest absolute Gasteiger partial charge is 0.407 e. The van der Waals surface area contributed by atoms with Gasteiger partial charge in [-0.15, -0.1) is 12.3 Å². The fraction of sp³-hybridized carbons (Fsp3) is 0.758. The molecule has 1 saturated heterocycles. The van der Waals surface area contributed by atoms with E-state index < -0.39 is 64.7 Å². The lowest BCUT2D eigenvalue weighted by molar-refractivity contribution is -0.144. The number of carbonyl (C=O) groups excluding carboxylic acids is 6. The average Bonchev–Trinajstić information content (AvgIpc) is 3.50. The number of hydrogen-bond acceptors (Lipinski definition) is 7. The molecule has 1 aliphatic carbocycles. The number of likely N-dealkylation sites (N-methyl/N-ethyl adjacent to an activating group) is 1. The van der Waals surface area contributed by atoms with Gasteiger partial charge >= 0.3 is 12.1 Å². The topological polar surface area (TPSA) is 175 Å². The van der Waals surface area contributed by atoms with Gasteiger partial charge in [0.05, 0.1) is 12.1 Å². The number of hydrogen-bond donors (Lipinski definition) is 5. The van der Waals surface area contributed by atoms with E-state index in [9.17, 15) is 28.8 Å². The van der Waals surface area contributed by atoms with Crippen LogP contribution in [0.5, 0.6) is 0 Å². The van der Waals surface area contributed by atoms with Crippen LogP contribution in [0.25, 0.3) is 0 Å². The first-order chi connectivity index (χ1) is 21.7. The number of rotatable bonds is 14. The maximum atomic E-state index is 14.3. The lowest BCUT2D eigenvalue weighted by Gasteiger charge is -2.42. The Hall–Kier alpha value is -3.82. The maximum absolute atomic E-state index is 14.3. The van der Waals surface area contributed by atoms with Gasteiger partial charge in [0.15, 0.2) is 0 Å². The summed E-state index contributed by atoms with van der Waals surface area (Å²) in [6, 6.07) is -4.07. The highest BCUT2D eigenvalue weighted by atomic mass is 16.5. The second kappa shape index (κ2) is 17.8. The Labute approximate surface area is 273 Å². The zero-order chi connectivity index (χ0) is 34.5. The first-order valence-electron chi connectivity index (χ1n) is 16.5. The van der Waals surface area contributed by atoms with Crippen molar-refractivity contribution in [3.63, 3.8) is 0 Å². The fourth-order valence-electron chi connectivity index (χ4n) is 6.01. The molecule has 0 aromatic carbocycles. The summed E-state index contributed by atoms with van der Waals surface area (Å²) in [5.41, 5.74) is -1.04. The van der Waals surface area contributed by atoms with Crippen LogP contribution in [0, 0.1) is 23.2 Å². The largest absolute Gasteiger partial charge is 0.447 e. The first-order valence-corrected chi connectivity index (χ1v) is 16.5. The van der Waals surface area contributed by atoms with Gasteiger partial charge in [0.1, 0.15) is 18.7 Å². The molecular weight excluding hydrogens is 592 g/mol. The minimum Gasteiger partial charge on any atom is -0.447 e. The predicted octanol–water partition coefficient (Wildman–Crippen LogP) is 2.38. The second-order valence-electron chi connectivity index (χ2n) is 13.5. The molecule has 2 aliphatic rings. The highest BCUT2D eigenvalue weighted by molar-refractivity contribution is 6.38. The average molecular weight is 647 g/mol. The van der Waals surface area contributed by atoms with Crippen molar-refractivity contribution in [2.24, 2.45) is 10.8 Å². The van der Waals surface area contributed by atoms with Gasteiger partial charge in [-0.25, -0.2) is 9.59 Å². The van der Waals surface area contributed by atoms with E-state index in [1.807, 2.05) is 27.7 Å². The van der Waals surface area contributed by atoms with E-state index in [1.165, 1.54) is 4.90 Å². The Bertz CT molecular complexity index is 1140. The van der Waals surface area contributed by atoms with Gasteiger partial charge in [0.25, 0.3) is 5.91 Å². The van der Waals surface area contributed by atoms with Crippen molar-refractivity contribution in [1.82, 2.24) is 31.5 Å². The number of ketones is 1. The van der Waals surface area contributed by atoms with Gasteiger partial charge in [-0.3, -0.25) is 19.2 Å². The van der Waals surface area contributed by atoms with Crippen LogP contribution >= 0.6 is 0 Å². The number of Topliss-reactive ketones (excluding diaryl/α,β-unsaturated/α-hetero) is 1. The van der Waals surface area contributed by atoms with Crippen molar-refractivity contribution in [1.29, 1.82) is 0 Å². The number of likely N-dealkylation sites (tertiary alicyclic amines) is 1. The molecular formula is C33H54N6O7. The molecule has 2 rings (SSSR count). The Kier molecular flexibility index (Phi) is 14.8. The van der Waals surface area contributed by atoms with E-state index in [0.29, 0.717) is 38.8 Å². The number of carbonyl (C=O) groups is 6. The van der Waals surface area contributed by atoms with E-state index in [4.69, 9.17) is 11.2 Å². The van der Waals surface area contributed by atoms with Gasteiger partial charge < -0.3 is 36.2 Å². The molecule has 13 heteroatoms. The Balaban J connectivity index is 2.28. The van der Waals surface area contributed by atoms with Crippen LogP contribution in [0.3, 0.4) is 0 Å². The molecule has 258 valence electrons. The predicted molar refractivity (Wildman–Crippen MR) is 173 cm³/mol. The SMILES string of the molecule is C#CCCC(NC(=O)C1CCCN1C(=O)C(NC(=O)NC(COC(=O)NCC)C(C)(C)C)C1(C)CCCCC1)C(=O)C(=O)NCC. The minimum atomic E-state index is -1.13. The number of amides is 6. The van der Waals surface area contributed by atoms with E-state index in [2.05, 4.69) is 32.5 Å². The maximum Gasteiger partial charge on any atom is 0.407 e. The van der Waals surface area contributed by atoms with Crippen LogP contribution in [-0.2, 0) is 23.9 Å². The van der Waals surface area contributed by atoms with Crippen LogP contribution in [0.15, 0.2) is 0 Å². The summed E-state index contributed by atoms with van der Waals surface area (Å²) in [6.07, 6.45) is 10.2. The van der Waals surface area contributed by atoms with Crippen LogP contribution in [-0.4, -0.2) is 90.9 Å². The van der Waals surface area contributed by atoms with Gasteiger partial charge in [-0.1, -0.05) is 47.0 Å². The van der Waals surface area contributed by atoms with E-state index >= 15 is 0 Å². The number of alkyl carbamates (subject to hydrolysis) is 1. The summed E-state index contributed by atoms with van der Waals surface area (Å²) in [7, 11) is 0. The van der Waals surface area contributed by atoms with Crippen LogP contribution in [0.1, 0.15) is 99.3 Å². The molecule has 5 N–H and O–H groups in total. The van der Waals surface area contributed by atoms with Crippen molar-refractivity contribution in [3.05, 3.63) is 0 Å². The Morgan fingerprint density at radius 1 is 0.957 bits per heavy atom. The summed E-state index contributed by atoms with van der Waals surface area (Å²) in [5.74, 6) is -0.0900. The third-order valence-electron chi connectivity index (χ3n) is 8.88. The summed E-state index contributed by atoms with van der Waals surface area (Å²) < 4.78 is 5.31. The van der Waals surface area contributed by atoms with Gasteiger partial charge in [-0.2, -0.15) is 0 Å². The zero-order valence-electron chi connectivity index (χ0n) is 28.4. The molecule has 0 spiro atoms. The molecule has 1 heterocycles. The summed E-state index contributed by atoms with van der Waals surface area (Å²) >= 11 is 0. The van der Waals surface area contributed by atoms with Crippen molar-refractivity contribution in [2.75, 3.05) is 26.2 Å². The van der Waals surface area contributed by atoms with Crippen molar-refractivity contribution in [2.45, 2.75) is 123 Å². The quantitative estimate of drug-likeness (QED) is 0.142. The molecule has 46 heavy (non-hydrogen) atoms. The van der Waals surface area contributed by atoms with E-state index in [0.717, 1.165) is 19.3 Å². The Morgan fingerprint density at radius 2 is 1.61 bits per heavy atom. The van der Waals surface area contributed by atoms with Crippen molar-refractivity contribution in [3.8, 4) is 12.3 Å². The van der Waals surface area contributed by atoms with E-state index in [-0.39, 0.29) is 31.9 Å². The number of nitrogens with zero attached hydrogens (tertiary/aromatic N) is 1. The summed E-state index contributed by atoms with van der Waals surface area (Å²) in [6.45, 7) is 12.1. The highest BCUT2D eigenvalue weighted by Crippen LogP contribution is 2.40. The third-order valence-corrected chi connectivity index (χ3v) is 8.88. The van der Waals surface area contributed by atoms with E-state index in [1.54, 1.807) is 13.8 Å². The minimum absolute atomic E-state index is 0.0666. The molecule has 0 radical (unpaired) electrons. The zero-order valence-corrected chi connectivity index (χ0v) is 28.4. The van der Waals surface area contributed by atoms with Gasteiger partial charge in [-0.05, 0) is 56.8 Å². The third kappa shape index (κ3) is 10.9. The first kappa shape index (κ1) is 38.4. The van der Waals surface area contributed by atoms with Crippen LogP contribution in [0.2, 0.25) is 0 Å². The molecule has 0 aromatic heterocycles.